The van der Waals surface area contributed by atoms with Crippen LogP contribution < -0.4 is 5.32 Å². The molecule has 0 aromatic heterocycles. The third-order valence-corrected chi connectivity index (χ3v) is 5.67. The summed E-state index contributed by atoms with van der Waals surface area (Å²) in [5.74, 6) is -0.445. The second-order valence-corrected chi connectivity index (χ2v) is 7.98. The standard InChI is InChI=1S/C24H26N4O4/c1-17(29)32-26-22(18-5-3-2-4-6-18)16-27-11-13-28(14-12-27)24(31)20-7-9-21-19(15-20)8-10-23(30)25-21/h2-7,9,15H,8,10-14,16H2,1H3,(H,25,30). The molecule has 8 heteroatoms. The number of aryl methyl sites for hydroxylation is 1. The molecule has 0 unspecified atom stereocenters. The first-order chi connectivity index (χ1) is 15.5. The summed E-state index contributed by atoms with van der Waals surface area (Å²) < 4.78 is 0. The van der Waals surface area contributed by atoms with Gasteiger partial charge in [0.15, 0.2) is 0 Å². The molecule has 8 nitrogen and oxygen atoms in total. The Morgan fingerprint density at radius 2 is 1.75 bits per heavy atom. The lowest BCUT2D eigenvalue weighted by molar-refractivity contribution is -0.141. The van der Waals surface area contributed by atoms with Gasteiger partial charge in [0.05, 0.1) is 0 Å². The number of oxime groups is 1. The van der Waals surface area contributed by atoms with Crippen molar-refractivity contribution in [2.24, 2.45) is 5.16 Å². The molecule has 1 saturated heterocycles. The van der Waals surface area contributed by atoms with E-state index >= 15 is 0 Å². The number of fused-ring (bicyclic) bond motifs is 1. The Balaban J connectivity index is 1.38. The van der Waals surface area contributed by atoms with Crippen LogP contribution in [0, 0.1) is 0 Å². The third-order valence-electron chi connectivity index (χ3n) is 5.67. The van der Waals surface area contributed by atoms with Gasteiger partial charge in [0.2, 0.25) is 5.91 Å². The van der Waals surface area contributed by atoms with Gasteiger partial charge in [-0.3, -0.25) is 14.5 Å². The van der Waals surface area contributed by atoms with Gasteiger partial charge in [0, 0.05) is 62.9 Å². The zero-order valence-corrected chi connectivity index (χ0v) is 18.0. The van der Waals surface area contributed by atoms with Gasteiger partial charge in [-0.05, 0) is 30.2 Å². The second-order valence-electron chi connectivity index (χ2n) is 7.98. The molecular weight excluding hydrogens is 408 g/mol. The van der Waals surface area contributed by atoms with Gasteiger partial charge in [-0.15, -0.1) is 0 Å². The van der Waals surface area contributed by atoms with Gasteiger partial charge in [0.1, 0.15) is 5.71 Å². The predicted molar refractivity (Wildman–Crippen MR) is 120 cm³/mol. The predicted octanol–water partition coefficient (Wildman–Crippen LogP) is 2.30. The molecule has 4 rings (SSSR count). The minimum atomic E-state index is -0.460. The van der Waals surface area contributed by atoms with E-state index in [0.717, 1.165) is 16.8 Å². The van der Waals surface area contributed by atoms with E-state index in [1.807, 2.05) is 47.4 Å². The summed E-state index contributed by atoms with van der Waals surface area (Å²) in [6, 6.07) is 15.1. The summed E-state index contributed by atoms with van der Waals surface area (Å²) >= 11 is 0. The first-order valence-corrected chi connectivity index (χ1v) is 10.7. The van der Waals surface area contributed by atoms with Gasteiger partial charge >= 0.3 is 5.97 Å². The summed E-state index contributed by atoms with van der Waals surface area (Å²) in [7, 11) is 0. The molecular formula is C24H26N4O4. The van der Waals surface area contributed by atoms with Crippen LogP contribution in [0.15, 0.2) is 53.7 Å². The summed E-state index contributed by atoms with van der Waals surface area (Å²) in [6.45, 7) is 4.44. The van der Waals surface area contributed by atoms with E-state index in [-0.39, 0.29) is 11.8 Å². The van der Waals surface area contributed by atoms with Crippen molar-refractivity contribution in [1.82, 2.24) is 9.80 Å². The van der Waals surface area contributed by atoms with Crippen molar-refractivity contribution in [1.29, 1.82) is 0 Å². The van der Waals surface area contributed by atoms with Crippen molar-refractivity contribution in [2.75, 3.05) is 38.0 Å². The van der Waals surface area contributed by atoms with Crippen molar-refractivity contribution < 1.29 is 19.2 Å². The van der Waals surface area contributed by atoms with Crippen LogP contribution in [-0.2, 0) is 20.8 Å². The van der Waals surface area contributed by atoms with E-state index in [1.54, 1.807) is 6.07 Å². The van der Waals surface area contributed by atoms with Gasteiger partial charge in [-0.2, -0.15) is 0 Å². The van der Waals surface area contributed by atoms with E-state index < -0.39 is 5.97 Å². The van der Waals surface area contributed by atoms with E-state index in [4.69, 9.17) is 4.84 Å². The summed E-state index contributed by atoms with van der Waals surface area (Å²) in [5.41, 5.74) is 4.02. The highest BCUT2D eigenvalue weighted by Crippen LogP contribution is 2.24. The van der Waals surface area contributed by atoms with Crippen molar-refractivity contribution in [3.63, 3.8) is 0 Å². The van der Waals surface area contributed by atoms with Crippen LogP contribution in [0.4, 0.5) is 5.69 Å². The molecule has 0 atom stereocenters. The molecule has 0 spiro atoms. The number of benzene rings is 2. The van der Waals surface area contributed by atoms with E-state index in [2.05, 4.69) is 15.4 Å². The highest BCUT2D eigenvalue weighted by Gasteiger charge is 2.25. The smallest absolute Gasteiger partial charge is 0.331 e. The van der Waals surface area contributed by atoms with Gasteiger partial charge in [0.25, 0.3) is 5.91 Å². The van der Waals surface area contributed by atoms with E-state index in [0.29, 0.717) is 56.8 Å². The fraction of sp³-hybridized carbons (Fsp3) is 0.333. The maximum atomic E-state index is 13.0. The summed E-state index contributed by atoms with van der Waals surface area (Å²) in [4.78, 5) is 44.7. The molecule has 166 valence electrons. The van der Waals surface area contributed by atoms with Gasteiger partial charge in [-0.1, -0.05) is 35.5 Å². The maximum Gasteiger partial charge on any atom is 0.331 e. The monoisotopic (exact) mass is 434 g/mol. The second kappa shape index (κ2) is 9.74. The quantitative estimate of drug-likeness (QED) is 0.443. The zero-order chi connectivity index (χ0) is 22.5. The molecule has 2 aromatic rings. The Bertz CT molecular complexity index is 1040. The highest BCUT2D eigenvalue weighted by molar-refractivity contribution is 6.02. The fourth-order valence-electron chi connectivity index (χ4n) is 3.94. The number of anilines is 1. The molecule has 0 radical (unpaired) electrons. The van der Waals surface area contributed by atoms with Crippen LogP contribution >= 0.6 is 0 Å². The number of hydrogen-bond acceptors (Lipinski definition) is 6. The Morgan fingerprint density at radius 1 is 1.00 bits per heavy atom. The first kappa shape index (κ1) is 21.7. The van der Waals surface area contributed by atoms with Crippen molar-refractivity contribution in [2.45, 2.75) is 19.8 Å². The minimum Gasteiger partial charge on any atom is -0.336 e. The van der Waals surface area contributed by atoms with Crippen LogP contribution in [0.1, 0.15) is 34.8 Å². The molecule has 0 bridgehead atoms. The molecule has 2 aliphatic rings. The Labute approximate surface area is 186 Å². The number of nitrogens with one attached hydrogen (secondary N) is 1. The number of hydrogen-bond donors (Lipinski definition) is 1. The lowest BCUT2D eigenvalue weighted by atomic mass is 10.00. The maximum absolute atomic E-state index is 13.0. The number of amides is 2. The van der Waals surface area contributed by atoms with Crippen molar-refractivity contribution in [3.05, 3.63) is 65.2 Å². The molecule has 1 fully saturated rings. The van der Waals surface area contributed by atoms with Crippen LogP contribution in [0.25, 0.3) is 0 Å². The van der Waals surface area contributed by atoms with Crippen molar-refractivity contribution in [3.8, 4) is 0 Å². The highest BCUT2D eigenvalue weighted by atomic mass is 16.7. The van der Waals surface area contributed by atoms with Gasteiger partial charge in [-0.25, -0.2) is 4.79 Å². The number of carbonyl (C=O) groups excluding carboxylic acids is 3. The average molecular weight is 434 g/mol. The zero-order valence-electron chi connectivity index (χ0n) is 18.0. The fourth-order valence-corrected chi connectivity index (χ4v) is 3.94. The van der Waals surface area contributed by atoms with Crippen LogP contribution in [0.5, 0.6) is 0 Å². The number of nitrogens with zero attached hydrogens (tertiary/aromatic N) is 3. The Hall–Kier alpha value is -3.52. The van der Waals surface area contributed by atoms with Crippen LogP contribution in [0.2, 0.25) is 0 Å². The lowest BCUT2D eigenvalue weighted by Crippen LogP contribution is -2.50. The molecule has 2 aromatic carbocycles. The molecule has 0 saturated carbocycles. The Kier molecular flexibility index (Phi) is 6.61. The van der Waals surface area contributed by atoms with Crippen molar-refractivity contribution >= 4 is 29.2 Å². The number of rotatable bonds is 5. The largest absolute Gasteiger partial charge is 0.336 e. The molecule has 2 amide bonds. The number of piperazine rings is 1. The average Bonchev–Trinajstić information content (AvgIpc) is 2.82. The van der Waals surface area contributed by atoms with Gasteiger partial charge < -0.3 is 15.1 Å². The molecule has 2 aliphatic heterocycles. The van der Waals surface area contributed by atoms with E-state index in [1.165, 1.54) is 6.92 Å². The summed E-state index contributed by atoms with van der Waals surface area (Å²) in [6.07, 6.45) is 1.10. The van der Waals surface area contributed by atoms with E-state index in [9.17, 15) is 14.4 Å². The third kappa shape index (κ3) is 5.20. The first-order valence-electron chi connectivity index (χ1n) is 10.7. The normalized spacial score (nSPS) is 16.8. The number of carbonyl (C=O) groups is 3. The molecule has 0 aliphatic carbocycles. The molecule has 32 heavy (non-hydrogen) atoms. The summed E-state index contributed by atoms with van der Waals surface area (Å²) in [5, 5.41) is 6.90. The van der Waals surface area contributed by atoms with Crippen LogP contribution in [0.3, 0.4) is 0 Å². The Morgan fingerprint density at radius 3 is 2.47 bits per heavy atom. The lowest BCUT2D eigenvalue weighted by Gasteiger charge is -2.35. The molecule has 1 N–H and O–H groups in total. The minimum absolute atomic E-state index is 0.00112. The SMILES string of the molecule is CC(=O)ON=C(CN1CCN(C(=O)c2ccc3c(c2)CCC(=O)N3)CC1)c1ccccc1. The van der Waals surface area contributed by atoms with Crippen LogP contribution in [-0.4, -0.2) is 66.0 Å². The topological polar surface area (TPSA) is 91.3 Å². The molecule has 2 heterocycles.